The van der Waals surface area contributed by atoms with Gasteiger partial charge in [0.15, 0.2) is 11.5 Å². The number of fused-ring (bicyclic) bond motifs is 1. The third-order valence-corrected chi connectivity index (χ3v) is 3.84. The number of ether oxygens (including phenoxy) is 3. The number of halogens is 1. The zero-order chi connectivity index (χ0) is 13.9. The number of aliphatic hydroxyl groups is 1. The Bertz CT molecular complexity index is 627. The van der Waals surface area contributed by atoms with Gasteiger partial charge >= 0.3 is 0 Å². The van der Waals surface area contributed by atoms with Gasteiger partial charge in [-0.2, -0.15) is 0 Å². The molecule has 0 amide bonds. The smallest absolute Gasteiger partial charge is 0.231 e. The topological polar surface area (TPSA) is 47.9 Å². The fourth-order valence-corrected chi connectivity index (χ4v) is 2.39. The minimum atomic E-state index is -0.109. The molecule has 0 aliphatic carbocycles. The largest absolute Gasteiger partial charge is 0.488 e. The van der Waals surface area contributed by atoms with Crippen LogP contribution < -0.4 is 14.2 Å². The molecule has 2 aromatic carbocycles. The van der Waals surface area contributed by atoms with Crippen molar-refractivity contribution in [3.63, 3.8) is 0 Å². The molecule has 0 saturated carbocycles. The highest BCUT2D eigenvalue weighted by Crippen LogP contribution is 2.38. The summed E-state index contributed by atoms with van der Waals surface area (Å²) in [5.41, 5.74) is 1.72. The van der Waals surface area contributed by atoms with Crippen LogP contribution in [0.2, 0.25) is 0 Å². The van der Waals surface area contributed by atoms with Gasteiger partial charge in [0.05, 0.1) is 6.61 Å². The minimum absolute atomic E-state index is 0.109. The van der Waals surface area contributed by atoms with Gasteiger partial charge in [0, 0.05) is 21.7 Å². The van der Waals surface area contributed by atoms with Gasteiger partial charge in [-0.25, -0.2) is 0 Å². The quantitative estimate of drug-likeness (QED) is 0.930. The molecule has 4 nitrogen and oxygen atoms in total. The van der Waals surface area contributed by atoms with E-state index in [1.165, 1.54) is 0 Å². The second kappa shape index (κ2) is 5.73. The van der Waals surface area contributed by atoms with Crippen LogP contribution in [-0.4, -0.2) is 11.9 Å². The molecule has 20 heavy (non-hydrogen) atoms. The molecule has 2 aromatic rings. The van der Waals surface area contributed by atoms with E-state index < -0.39 is 0 Å². The maximum absolute atomic E-state index is 9.42. The van der Waals surface area contributed by atoms with Gasteiger partial charge in [-0.05, 0) is 12.1 Å². The van der Waals surface area contributed by atoms with Crippen molar-refractivity contribution in [2.45, 2.75) is 13.2 Å². The highest BCUT2D eigenvalue weighted by molar-refractivity contribution is 9.10. The van der Waals surface area contributed by atoms with Crippen LogP contribution in [0.3, 0.4) is 0 Å². The summed E-state index contributed by atoms with van der Waals surface area (Å²) < 4.78 is 17.4. The van der Waals surface area contributed by atoms with Gasteiger partial charge in [-0.3, -0.25) is 0 Å². The number of hydrogen-bond acceptors (Lipinski definition) is 4. The summed E-state index contributed by atoms with van der Waals surface area (Å²) in [6.45, 7) is 0.504. The first-order valence-corrected chi connectivity index (χ1v) is 6.97. The molecular formula is C15H13BrO4. The molecule has 0 atom stereocenters. The third kappa shape index (κ3) is 2.59. The lowest BCUT2D eigenvalue weighted by molar-refractivity contribution is 0.173. The van der Waals surface area contributed by atoms with Gasteiger partial charge in [-0.15, -0.1) is 0 Å². The van der Waals surface area contributed by atoms with Crippen molar-refractivity contribution in [3.05, 3.63) is 52.0 Å². The average Bonchev–Trinajstić information content (AvgIpc) is 2.92. The van der Waals surface area contributed by atoms with E-state index in [4.69, 9.17) is 14.2 Å². The molecule has 1 aliphatic rings. The van der Waals surface area contributed by atoms with Crippen molar-refractivity contribution >= 4 is 15.9 Å². The summed E-state index contributed by atoms with van der Waals surface area (Å²) >= 11 is 3.48. The van der Waals surface area contributed by atoms with E-state index >= 15 is 0 Å². The summed E-state index contributed by atoms with van der Waals surface area (Å²) in [5.74, 6) is 1.89. The van der Waals surface area contributed by atoms with Crippen LogP contribution in [0.4, 0.5) is 0 Å². The highest BCUT2D eigenvalue weighted by Gasteiger charge is 2.17. The molecule has 0 fully saturated rings. The fraction of sp³-hybridized carbons (Fsp3) is 0.200. The second-order valence-electron chi connectivity index (χ2n) is 4.35. The number of benzene rings is 2. The van der Waals surface area contributed by atoms with Crippen LogP contribution in [-0.2, 0) is 13.2 Å². The zero-order valence-corrected chi connectivity index (χ0v) is 12.2. The Morgan fingerprint density at radius 3 is 2.60 bits per heavy atom. The molecule has 1 aliphatic heterocycles. The lowest BCUT2D eigenvalue weighted by Crippen LogP contribution is -1.99. The molecule has 0 unspecified atom stereocenters. The van der Waals surface area contributed by atoms with Crippen LogP contribution in [0.15, 0.2) is 40.9 Å². The van der Waals surface area contributed by atoms with Crippen molar-refractivity contribution < 1.29 is 19.3 Å². The Morgan fingerprint density at radius 1 is 1.10 bits per heavy atom. The van der Waals surface area contributed by atoms with Crippen LogP contribution in [0, 0.1) is 0 Å². The Kier molecular flexibility index (Phi) is 3.80. The molecule has 0 spiro atoms. The maximum Gasteiger partial charge on any atom is 0.231 e. The normalized spacial score (nSPS) is 12.5. The van der Waals surface area contributed by atoms with Gasteiger partial charge in [0.2, 0.25) is 6.79 Å². The zero-order valence-electron chi connectivity index (χ0n) is 10.6. The van der Waals surface area contributed by atoms with Crippen molar-refractivity contribution in [2.75, 3.05) is 6.79 Å². The third-order valence-electron chi connectivity index (χ3n) is 3.07. The molecule has 1 N–H and O–H groups in total. The monoisotopic (exact) mass is 336 g/mol. The highest BCUT2D eigenvalue weighted by atomic mass is 79.9. The molecule has 5 heteroatoms. The van der Waals surface area contributed by atoms with Crippen LogP contribution in [0.1, 0.15) is 11.1 Å². The lowest BCUT2D eigenvalue weighted by atomic mass is 10.2. The van der Waals surface area contributed by atoms with Gasteiger partial charge in [0.25, 0.3) is 0 Å². The summed E-state index contributed by atoms with van der Waals surface area (Å²) in [5, 5.41) is 9.42. The molecule has 0 aromatic heterocycles. The molecular weight excluding hydrogens is 324 g/mol. The minimum Gasteiger partial charge on any atom is -0.488 e. The molecule has 1 heterocycles. The first kappa shape index (κ1) is 13.3. The summed E-state index contributed by atoms with van der Waals surface area (Å²) in [6, 6.07) is 11.4. The summed E-state index contributed by atoms with van der Waals surface area (Å²) in [6.07, 6.45) is 0. The Morgan fingerprint density at radius 2 is 1.85 bits per heavy atom. The summed E-state index contributed by atoms with van der Waals surface area (Å²) in [7, 11) is 0. The van der Waals surface area contributed by atoms with Crippen molar-refractivity contribution in [1.82, 2.24) is 0 Å². The average molecular weight is 337 g/mol. The van der Waals surface area contributed by atoms with E-state index in [9.17, 15) is 5.11 Å². The van der Waals surface area contributed by atoms with E-state index in [0.717, 1.165) is 10.0 Å². The molecule has 0 saturated heterocycles. The van der Waals surface area contributed by atoms with E-state index in [-0.39, 0.29) is 13.4 Å². The van der Waals surface area contributed by atoms with Gasteiger partial charge < -0.3 is 19.3 Å². The molecule has 0 radical (unpaired) electrons. The fourth-order valence-electron chi connectivity index (χ4n) is 1.99. The van der Waals surface area contributed by atoms with E-state index in [2.05, 4.69) is 15.9 Å². The van der Waals surface area contributed by atoms with Crippen molar-refractivity contribution in [1.29, 1.82) is 0 Å². The predicted octanol–water partition coefficient (Wildman–Crippen LogP) is 3.25. The van der Waals surface area contributed by atoms with Gasteiger partial charge in [-0.1, -0.05) is 34.1 Å². The number of aliphatic hydroxyl groups excluding tert-OH is 1. The molecule has 0 bridgehead atoms. The molecule has 3 rings (SSSR count). The Hall–Kier alpha value is -1.72. The Balaban J connectivity index is 1.82. The van der Waals surface area contributed by atoms with Crippen LogP contribution >= 0.6 is 15.9 Å². The van der Waals surface area contributed by atoms with Crippen LogP contribution in [0.25, 0.3) is 0 Å². The van der Waals surface area contributed by atoms with Gasteiger partial charge in [0.1, 0.15) is 12.4 Å². The summed E-state index contributed by atoms with van der Waals surface area (Å²) in [4.78, 5) is 0. The van der Waals surface area contributed by atoms with E-state index in [1.807, 2.05) is 24.3 Å². The second-order valence-corrected chi connectivity index (χ2v) is 5.21. The lowest BCUT2D eigenvalue weighted by Gasteiger charge is -2.12. The van der Waals surface area contributed by atoms with E-state index in [1.54, 1.807) is 12.1 Å². The maximum atomic E-state index is 9.42. The SMILES string of the molecule is OCc1cc2c(cc1OCc1ccccc1Br)OCO2. The standard InChI is InChI=1S/C15H13BrO4/c16-12-4-2-1-3-10(12)8-18-13-6-15-14(19-9-20-15)5-11(13)7-17/h1-6,17H,7-9H2. The van der Waals surface area contributed by atoms with Crippen molar-refractivity contribution in [3.8, 4) is 17.2 Å². The first-order valence-electron chi connectivity index (χ1n) is 6.17. The number of hydrogen-bond donors (Lipinski definition) is 1. The number of rotatable bonds is 4. The van der Waals surface area contributed by atoms with E-state index in [0.29, 0.717) is 29.4 Å². The van der Waals surface area contributed by atoms with Crippen LogP contribution in [0.5, 0.6) is 17.2 Å². The molecule has 104 valence electrons. The predicted molar refractivity (Wildman–Crippen MR) is 77.0 cm³/mol. The first-order chi connectivity index (χ1) is 9.78. The van der Waals surface area contributed by atoms with Crippen molar-refractivity contribution in [2.24, 2.45) is 0 Å². The Labute approximate surface area is 125 Å².